The van der Waals surface area contributed by atoms with Crippen molar-refractivity contribution in [2.75, 3.05) is 27.4 Å². The SMILES string of the molecule is COc1ccc(C(=O)COC(=O)c2ccc(OCC(N)=O)c(OC)c2)cc1F. The van der Waals surface area contributed by atoms with Gasteiger partial charge in [0.05, 0.1) is 19.8 Å². The second-order valence-corrected chi connectivity index (χ2v) is 5.47. The third kappa shape index (κ3) is 5.19. The third-order valence-electron chi connectivity index (χ3n) is 3.58. The lowest BCUT2D eigenvalue weighted by Crippen LogP contribution is -2.20. The third-order valence-corrected chi connectivity index (χ3v) is 3.58. The molecule has 0 unspecified atom stereocenters. The molecule has 0 atom stereocenters. The van der Waals surface area contributed by atoms with E-state index in [9.17, 15) is 18.8 Å². The summed E-state index contributed by atoms with van der Waals surface area (Å²) in [5, 5.41) is 0. The Morgan fingerprint density at radius 3 is 2.14 bits per heavy atom. The monoisotopic (exact) mass is 391 g/mol. The van der Waals surface area contributed by atoms with Gasteiger partial charge in [0.1, 0.15) is 0 Å². The number of hydrogen-bond donors (Lipinski definition) is 1. The van der Waals surface area contributed by atoms with Crippen molar-refractivity contribution in [1.29, 1.82) is 0 Å². The Labute approximate surface area is 159 Å². The molecule has 1 amide bonds. The Morgan fingerprint density at radius 2 is 1.54 bits per heavy atom. The molecular weight excluding hydrogens is 373 g/mol. The van der Waals surface area contributed by atoms with E-state index in [1.165, 1.54) is 44.6 Å². The number of Topliss-reactive ketones (excluding diaryl/α,β-unsaturated/α-hetero) is 1. The highest BCUT2D eigenvalue weighted by molar-refractivity contribution is 5.99. The quantitative estimate of drug-likeness (QED) is 0.512. The average molecular weight is 391 g/mol. The van der Waals surface area contributed by atoms with E-state index in [2.05, 4.69) is 0 Å². The maximum atomic E-state index is 13.7. The molecule has 0 radical (unpaired) electrons. The van der Waals surface area contributed by atoms with Gasteiger partial charge >= 0.3 is 5.97 Å². The summed E-state index contributed by atoms with van der Waals surface area (Å²) in [5.41, 5.74) is 5.15. The molecule has 0 heterocycles. The highest BCUT2D eigenvalue weighted by Gasteiger charge is 2.16. The van der Waals surface area contributed by atoms with Crippen LogP contribution < -0.4 is 19.9 Å². The molecule has 0 aliphatic carbocycles. The van der Waals surface area contributed by atoms with Crippen LogP contribution in [0.5, 0.6) is 17.2 Å². The van der Waals surface area contributed by atoms with Crippen molar-refractivity contribution in [1.82, 2.24) is 0 Å². The number of amides is 1. The van der Waals surface area contributed by atoms with Crippen molar-refractivity contribution < 1.29 is 37.7 Å². The number of halogens is 1. The van der Waals surface area contributed by atoms with E-state index in [-0.39, 0.29) is 35.0 Å². The lowest BCUT2D eigenvalue weighted by Gasteiger charge is -2.11. The van der Waals surface area contributed by atoms with Crippen molar-refractivity contribution in [2.45, 2.75) is 0 Å². The number of esters is 1. The molecule has 9 heteroatoms. The van der Waals surface area contributed by atoms with Crippen LogP contribution in [-0.2, 0) is 9.53 Å². The summed E-state index contributed by atoms with van der Waals surface area (Å²) in [6, 6.07) is 7.78. The van der Waals surface area contributed by atoms with E-state index < -0.39 is 30.1 Å². The van der Waals surface area contributed by atoms with Crippen LogP contribution in [0, 0.1) is 5.82 Å². The van der Waals surface area contributed by atoms with Gasteiger partial charge in [-0.05, 0) is 36.4 Å². The summed E-state index contributed by atoms with van der Waals surface area (Å²) in [4.78, 5) is 35.0. The van der Waals surface area contributed by atoms with Gasteiger partial charge in [-0.25, -0.2) is 9.18 Å². The van der Waals surface area contributed by atoms with Gasteiger partial charge in [0.25, 0.3) is 5.91 Å². The molecule has 2 aromatic carbocycles. The zero-order valence-electron chi connectivity index (χ0n) is 15.2. The largest absolute Gasteiger partial charge is 0.494 e. The van der Waals surface area contributed by atoms with Gasteiger partial charge in [0.15, 0.2) is 42.1 Å². The van der Waals surface area contributed by atoms with E-state index in [1.54, 1.807) is 0 Å². The van der Waals surface area contributed by atoms with Crippen molar-refractivity contribution >= 4 is 17.7 Å². The fraction of sp³-hybridized carbons (Fsp3) is 0.211. The number of carbonyl (C=O) groups excluding carboxylic acids is 3. The fourth-order valence-electron chi connectivity index (χ4n) is 2.20. The molecular formula is C19H18FNO7. The highest BCUT2D eigenvalue weighted by atomic mass is 19.1. The van der Waals surface area contributed by atoms with Gasteiger partial charge in [0, 0.05) is 5.56 Å². The summed E-state index contributed by atoms with van der Waals surface area (Å²) < 4.78 is 33.7. The minimum absolute atomic E-state index is 0.000663. The number of ether oxygens (including phenoxy) is 4. The van der Waals surface area contributed by atoms with E-state index in [0.717, 1.165) is 6.07 Å². The van der Waals surface area contributed by atoms with Crippen molar-refractivity contribution in [3.63, 3.8) is 0 Å². The Hall–Kier alpha value is -3.62. The fourth-order valence-corrected chi connectivity index (χ4v) is 2.20. The smallest absolute Gasteiger partial charge is 0.338 e. The minimum atomic E-state index is -0.790. The first-order valence-corrected chi connectivity index (χ1v) is 7.98. The molecule has 8 nitrogen and oxygen atoms in total. The zero-order chi connectivity index (χ0) is 20.7. The second-order valence-electron chi connectivity index (χ2n) is 5.47. The lowest BCUT2D eigenvalue weighted by molar-refractivity contribution is -0.119. The first-order valence-electron chi connectivity index (χ1n) is 7.98. The van der Waals surface area contributed by atoms with E-state index in [0.29, 0.717) is 0 Å². The number of rotatable bonds is 9. The highest BCUT2D eigenvalue weighted by Crippen LogP contribution is 2.28. The molecule has 0 aliphatic rings. The topological polar surface area (TPSA) is 114 Å². The van der Waals surface area contributed by atoms with Crippen LogP contribution in [0.2, 0.25) is 0 Å². The molecule has 2 N–H and O–H groups in total. The van der Waals surface area contributed by atoms with Gasteiger partial charge in [-0.2, -0.15) is 0 Å². The minimum Gasteiger partial charge on any atom is -0.494 e. The summed E-state index contributed by atoms with van der Waals surface area (Å²) in [6.45, 7) is -0.931. The number of hydrogen-bond acceptors (Lipinski definition) is 7. The number of ketones is 1. The van der Waals surface area contributed by atoms with E-state index >= 15 is 0 Å². The summed E-state index contributed by atoms with van der Waals surface area (Å²) in [5.74, 6) is -2.35. The van der Waals surface area contributed by atoms with Gasteiger partial charge in [-0.3, -0.25) is 9.59 Å². The molecule has 0 bridgehead atoms. The summed E-state index contributed by atoms with van der Waals surface area (Å²) in [7, 11) is 2.66. The maximum Gasteiger partial charge on any atom is 0.338 e. The van der Waals surface area contributed by atoms with Gasteiger partial charge < -0.3 is 24.7 Å². The Morgan fingerprint density at radius 1 is 0.893 bits per heavy atom. The Kier molecular flexibility index (Phi) is 6.91. The molecule has 2 aromatic rings. The maximum absolute atomic E-state index is 13.7. The Bertz CT molecular complexity index is 898. The zero-order valence-corrected chi connectivity index (χ0v) is 15.2. The molecule has 0 fully saturated rings. The standard InChI is InChI=1S/C19H18FNO7/c1-25-15-5-3-11(7-13(15)20)14(22)9-28-19(24)12-4-6-16(17(8-12)26-2)27-10-18(21)23/h3-8H,9-10H2,1-2H3,(H2,21,23). The van der Waals surface area contributed by atoms with E-state index in [1.807, 2.05) is 0 Å². The number of primary amides is 1. The lowest BCUT2D eigenvalue weighted by atomic mass is 10.1. The summed E-state index contributed by atoms with van der Waals surface area (Å²) in [6.07, 6.45) is 0. The molecule has 0 saturated heterocycles. The molecule has 0 saturated carbocycles. The first-order chi connectivity index (χ1) is 13.3. The van der Waals surface area contributed by atoms with Gasteiger partial charge in [-0.1, -0.05) is 0 Å². The van der Waals surface area contributed by atoms with Crippen LogP contribution in [0.4, 0.5) is 4.39 Å². The van der Waals surface area contributed by atoms with Crippen molar-refractivity contribution in [3.8, 4) is 17.2 Å². The molecule has 0 aliphatic heterocycles. The predicted octanol–water partition coefficient (Wildman–Crippen LogP) is 1.75. The molecule has 148 valence electrons. The molecule has 2 rings (SSSR count). The average Bonchev–Trinajstić information content (AvgIpc) is 2.69. The number of benzene rings is 2. The van der Waals surface area contributed by atoms with Gasteiger partial charge in [0.2, 0.25) is 0 Å². The van der Waals surface area contributed by atoms with Crippen LogP contribution in [0.15, 0.2) is 36.4 Å². The predicted molar refractivity (Wildman–Crippen MR) is 95.2 cm³/mol. The van der Waals surface area contributed by atoms with Crippen LogP contribution in [0.3, 0.4) is 0 Å². The van der Waals surface area contributed by atoms with E-state index in [4.69, 9.17) is 24.7 Å². The second kappa shape index (κ2) is 9.36. The van der Waals surface area contributed by atoms with Crippen molar-refractivity contribution in [2.24, 2.45) is 5.73 Å². The number of carbonyl (C=O) groups is 3. The van der Waals surface area contributed by atoms with Crippen LogP contribution in [0.25, 0.3) is 0 Å². The van der Waals surface area contributed by atoms with Crippen molar-refractivity contribution in [3.05, 3.63) is 53.3 Å². The number of methoxy groups -OCH3 is 2. The van der Waals surface area contributed by atoms with Crippen LogP contribution in [-0.4, -0.2) is 45.1 Å². The first kappa shape index (κ1) is 20.7. The Balaban J connectivity index is 2.03. The normalized spacial score (nSPS) is 10.1. The van der Waals surface area contributed by atoms with Crippen LogP contribution >= 0.6 is 0 Å². The number of nitrogens with two attached hydrogens (primary N) is 1. The van der Waals surface area contributed by atoms with Crippen LogP contribution in [0.1, 0.15) is 20.7 Å². The molecule has 0 spiro atoms. The molecule has 0 aromatic heterocycles. The molecule has 28 heavy (non-hydrogen) atoms. The summed E-state index contributed by atoms with van der Waals surface area (Å²) >= 11 is 0. The van der Waals surface area contributed by atoms with Gasteiger partial charge in [-0.15, -0.1) is 0 Å².